The molecule has 0 aliphatic carbocycles. The summed E-state index contributed by atoms with van der Waals surface area (Å²) in [6.07, 6.45) is 0.840. The van der Waals surface area contributed by atoms with E-state index in [-0.39, 0.29) is 23.2 Å². The van der Waals surface area contributed by atoms with Crippen molar-refractivity contribution in [2.45, 2.75) is 33.6 Å². The molecule has 0 spiro atoms. The Morgan fingerprint density at radius 3 is 2.33 bits per heavy atom. The SMILES string of the molecule is CCC(C(=O)NCCC(=O)NCC(C)C)C(N)=S. The highest BCUT2D eigenvalue weighted by Crippen LogP contribution is 2.02. The number of nitrogens with two attached hydrogens (primary N) is 1. The van der Waals surface area contributed by atoms with E-state index in [2.05, 4.69) is 10.6 Å². The Bertz CT molecular complexity index is 306. The first-order chi connectivity index (χ1) is 8.38. The summed E-state index contributed by atoms with van der Waals surface area (Å²) in [5, 5.41) is 5.45. The van der Waals surface area contributed by atoms with Gasteiger partial charge in [-0.2, -0.15) is 0 Å². The van der Waals surface area contributed by atoms with Gasteiger partial charge in [-0.15, -0.1) is 0 Å². The van der Waals surface area contributed by atoms with Gasteiger partial charge in [0.25, 0.3) is 0 Å². The summed E-state index contributed by atoms with van der Waals surface area (Å²) >= 11 is 4.80. The molecular formula is C12H23N3O2S. The minimum Gasteiger partial charge on any atom is -0.393 e. The third-order valence-corrected chi connectivity index (χ3v) is 2.71. The van der Waals surface area contributed by atoms with Crippen LogP contribution < -0.4 is 16.4 Å². The highest BCUT2D eigenvalue weighted by molar-refractivity contribution is 7.80. The number of nitrogens with one attached hydrogen (secondary N) is 2. The summed E-state index contributed by atoms with van der Waals surface area (Å²) in [5.74, 6) is -0.296. The van der Waals surface area contributed by atoms with Gasteiger partial charge >= 0.3 is 0 Å². The molecule has 0 heterocycles. The smallest absolute Gasteiger partial charge is 0.229 e. The van der Waals surface area contributed by atoms with E-state index in [1.807, 2.05) is 20.8 Å². The van der Waals surface area contributed by atoms with Gasteiger partial charge in [0.15, 0.2) is 0 Å². The van der Waals surface area contributed by atoms with Gasteiger partial charge in [-0.05, 0) is 12.3 Å². The topological polar surface area (TPSA) is 84.2 Å². The van der Waals surface area contributed by atoms with Crippen molar-refractivity contribution in [1.29, 1.82) is 0 Å². The summed E-state index contributed by atoms with van der Waals surface area (Å²) in [4.78, 5) is 23.2. The van der Waals surface area contributed by atoms with Crippen LogP contribution in [0.5, 0.6) is 0 Å². The standard InChI is InChI=1S/C12H23N3O2S/c1-4-9(11(13)18)12(17)14-6-5-10(16)15-7-8(2)3/h8-9H,4-7H2,1-3H3,(H2,13,18)(H,14,17)(H,15,16). The van der Waals surface area contributed by atoms with Gasteiger partial charge < -0.3 is 16.4 Å². The van der Waals surface area contributed by atoms with Crippen LogP contribution >= 0.6 is 12.2 Å². The van der Waals surface area contributed by atoms with Crippen molar-refractivity contribution in [1.82, 2.24) is 10.6 Å². The lowest BCUT2D eigenvalue weighted by Gasteiger charge is -2.13. The van der Waals surface area contributed by atoms with E-state index in [9.17, 15) is 9.59 Å². The number of hydrogen-bond acceptors (Lipinski definition) is 3. The molecule has 0 radical (unpaired) electrons. The summed E-state index contributed by atoms with van der Waals surface area (Å²) in [7, 11) is 0. The van der Waals surface area contributed by atoms with E-state index < -0.39 is 5.92 Å². The van der Waals surface area contributed by atoms with E-state index in [0.717, 1.165) is 0 Å². The molecule has 2 amide bonds. The zero-order valence-electron chi connectivity index (χ0n) is 11.3. The van der Waals surface area contributed by atoms with Crippen molar-refractivity contribution in [2.75, 3.05) is 13.1 Å². The van der Waals surface area contributed by atoms with Gasteiger partial charge in [0.05, 0.1) is 10.9 Å². The van der Waals surface area contributed by atoms with Crippen molar-refractivity contribution in [3.63, 3.8) is 0 Å². The second kappa shape index (κ2) is 8.85. The molecule has 0 aromatic carbocycles. The van der Waals surface area contributed by atoms with Crippen molar-refractivity contribution < 1.29 is 9.59 Å². The maximum absolute atomic E-state index is 11.7. The summed E-state index contributed by atoms with van der Waals surface area (Å²) in [5.41, 5.74) is 5.45. The molecule has 0 fully saturated rings. The van der Waals surface area contributed by atoms with Gasteiger partial charge in [0.2, 0.25) is 11.8 Å². The fourth-order valence-electron chi connectivity index (χ4n) is 1.34. The Labute approximate surface area is 114 Å². The van der Waals surface area contributed by atoms with E-state index in [0.29, 0.717) is 25.4 Å². The second-order valence-corrected chi connectivity index (χ2v) is 5.07. The van der Waals surface area contributed by atoms with Gasteiger partial charge in [-0.1, -0.05) is 33.0 Å². The molecule has 1 atom stereocenters. The molecule has 1 unspecified atom stereocenters. The molecule has 5 nitrogen and oxygen atoms in total. The fourth-order valence-corrected chi connectivity index (χ4v) is 1.62. The Morgan fingerprint density at radius 1 is 1.28 bits per heavy atom. The molecule has 0 aliphatic heterocycles. The lowest BCUT2D eigenvalue weighted by molar-refractivity contribution is -0.123. The predicted molar refractivity (Wildman–Crippen MR) is 76.0 cm³/mol. The highest BCUT2D eigenvalue weighted by atomic mass is 32.1. The Hall–Kier alpha value is -1.17. The van der Waals surface area contributed by atoms with Crippen LogP contribution in [0.15, 0.2) is 0 Å². The predicted octanol–water partition coefficient (Wildman–Crippen LogP) is 0.577. The summed E-state index contributed by atoms with van der Waals surface area (Å²) < 4.78 is 0. The van der Waals surface area contributed by atoms with Crippen LogP contribution in [0.3, 0.4) is 0 Å². The first-order valence-corrected chi connectivity index (χ1v) is 6.63. The van der Waals surface area contributed by atoms with Crippen LogP contribution in [0.4, 0.5) is 0 Å². The summed E-state index contributed by atoms with van der Waals surface area (Å²) in [6.45, 7) is 6.85. The second-order valence-electron chi connectivity index (χ2n) is 4.60. The molecule has 0 aromatic rings. The first kappa shape index (κ1) is 16.8. The van der Waals surface area contributed by atoms with Crippen LogP contribution in [0.2, 0.25) is 0 Å². The Balaban J connectivity index is 3.86. The molecular weight excluding hydrogens is 250 g/mol. The molecule has 18 heavy (non-hydrogen) atoms. The molecule has 0 rings (SSSR count). The van der Waals surface area contributed by atoms with Gasteiger partial charge in [0, 0.05) is 19.5 Å². The fraction of sp³-hybridized carbons (Fsp3) is 0.750. The number of amides is 2. The molecule has 104 valence electrons. The third kappa shape index (κ3) is 7.21. The number of carbonyl (C=O) groups is 2. The van der Waals surface area contributed by atoms with Crippen molar-refractivity contribution in [3.8, 4) is 0 Å². The molecule has 4 N–H and O–H groups in total. The minimum atomic E-state index is -0.446. The average Bonchev–Trinajstić information content (AvgIpc) is 2.26. The molecule has 0 aliphatic rings. The minimum absolute atomic E-state index is 0.0626. The van der Waals surface area contributed by atoms with Crippen molar-refractivity contribution >= 4 is 29.0 Å². The van der Waals surface area contributed by atoms with Crippen LogP contribution in [0, 0.1) is 11.8 Å². The highest BCUT2D eigenvalue weighted by Gasteiger charge is 2.18. The van der Waals surface area contributed by atoms with Crippen LogP contribution in [-0.2, 0) is 9.59 Å². The van der Waals surface area contributed by atoms with Crippen LogP contribution in [0.1, 0.15) is 33.6 Å². The van der Waals surface area contributed by atoms with Crippen molar-refractivity contribution in [2.24, 2.45) is 17.6 Å². The maximum atomic E-state index is 11.7. The Kier molecular flexibility index (Phi) is 8.28. The molecule has 0 aromatic heterocycles. The van der Waals surface area contributed by atoms with Gasteiger partial charge in [-0.3, -0.25) is 9.59 Å². The lowest BCUT2D eigenvalue weighted by atomic mass is 10.1. The lowest BCUT2D eigenvalue weighted by Crippen LogP contribution is -2.39. The van der Waals surface area contributed by atoms with Crippen molar-refractivity contribution in [3.05, 3.63) is 0 Å². The Morgan fingerprint density at radius 2 is 1.89 bits per heavy atom. The molecule has 0 bridgehead atoms. The zero-order chi connectivity index (χ0) is 14.1. The molecule has 0 saturated carbocycles. The maximum Gasteiger partial charge on any atom is 0.229 e. The summed E-state index contributed by atoms with van der Waals surface area (Å²) in [6, 6.07) is 0. The van der Waals surface area contributed by atoms with Crippen LogP contribution in [0.25, 0.3) is 0 Å². The zero-order valence-corrected chi connectivity index (χ0v) is 12.1. The van der Waals surface area contributed by atoms with E-state index in [1.54, 1.807) is 0 Å². The number of carbonyl (C=O) groups excluding carboxylic acids is 2. The average molecular weight is 273 g/mol. The largest absolute Gasteiger partial charge is 0.393 e. The number of thiocarbonyl (C=S) groups is 1. The third-order valence-electron chi connectivity index (χ3n) is 2.43. The van der Waals surface area contributed by atoms with Crippen LogP contribution in [-0.4, -0.2) is 29.9 Å². The van der Waals surface area contributed by atoms with E-state index >= 15 is 0 Å². The van der Waals surface area contributed by atoms with Gasteiger partial charge in [-0.25, -0.2) is 0 Å². The van der Waals surface area contributed by atoms with E-state index in [4.69, 9.17) is 18.0 Å². The monoisotopic (exact) mass is 273 g/mol. The quantitative estimate of drug-likeness (QED) is 0.565. The van der Waals surface area contributed by atoms with E-state index in [1.165, 1.54) is 0 Å². The normalized spacial score (nSPS) is 12.0. The molecule has 0 saturated heterocycles. The number of hydrogen-bond donors (Lipinski definition) is 3. The molecule has 6 heteroatoms. The number of rotatable bonds is 8. The van der Waals surface area contributed by atoms with Gasteiger partial charge in [0.1, 0.15) is 0 Å². The first-order valence-electron chi connectivity index (χ1n) is 6.22.